The van der Waals surface area contributed by atoms with Crippen LogP contribution in [0.3, 0.4) is 0 Å². The van der Waals surface area contributed by atoms with E-state index in [1.807, 2.05) is 0 Å². The fourth-order valence-corrected chi connectivity index (χ4v) is 2.07. The molecule has 0 spiro atoms. The summed E-state index contributed by atoms with van der Waals surface area (Å²) in [7, 11) is 0. The van der Waals surface area contributed by atoms with Crippen LogP contribution >= 0.6 is 0 Å². The predicted octanol–water partition coefficient (Wildman–Crippen LogP) is 1.76. The molecule has 2 unspecified atom stereocenters. The molecule has 0 aromatic heterocycles. The van der Waals surface area contributed by atoms with Gasteiger partial charge in [-0.05, 0) is 12.2 Å². The van der Waals surface area contributed by atoms with Gasteiger partial charge in [0.15, 0.2) is 0 Å². The first-order valence-electron chi connectivity index (χ1n) is 4.51. The molecule has 2 aliphatic carbocycles. The number of aliphatic imine (C=N–C) groups is 1. The summed E-state index contributed by atoms with van der Waals surface area (Å²) < 4.78 is 0. The Morgan fingerprint density at radius 3 is 2.92 bits per heavy atom. The summed E-state index contributed by atoms with van der Waals surface area (Å²) in [6, 6.07) is 0. The van der Waals surface area contributed by atoms with Gasteiger partial charge < -0.3 is 5.32 Å². The Labute approximate surface area is 77.1 Å². The first-order valence-corrected chi connectivity index (χ1v) is 4.51. The van der Waals surface area contributed by atoms with Crippen LogP contribution in [0.2, 0.25) is 0 Å². The second-order valence-electron chi connectivity index (χ2n) is 3.44. The Morgan fingerprint density at radius 2 is 2.00 bits per heavy atom. The summed E-state index contributed by atoms with van der Waals surface area (Å²) in [6.07, 6.45) is 14.6. The number of hydrogen-bond acceptors (Lipinski definition) is 2. The number of rotatable bonds is 0. The van der Waals surface area contributed by atoms with E-state index in [1.54, 1.807) is 6.34 Å². The topological polar surface area (TPSA) is 24.4 Å². The number of hydrogen-bond donors (Lipinski definition) is 1. The van der Waals surface area contributed by atoms with Crippen LogP contribution in [0.4, 0.5) is 0 Å². The number of nitrogens with zero attached hydrogens (tertiary/aromatic N) is 1. The second kappa shape index (κ2) is 2.46. The lowest BCUT2D eigenvalue weighted by Crippen LogP contribution is -2.31. The molecule has 0 fully saturated rings. The van der Waals surface area contributed by atoms with Crippen molar-refractivity contribution in [2.75, 3.05) is 0 Å². The average Bonchev–Trinajstić information content (AvgIpc) is 2.19. The molecule has 3 aliphatic rings. The zero-order chi connectivity index (χ0) is 8.67. The van der Waals surface area contributed by atoms with Gasteiger partial charge in [-0.1, -0.05) is 24.3 Å². The van der Waals surface area contributed by atoms with Gasteiger partial charge in [0.1, 0.15) is 0 Å². The van der Waals surface area contributed by atoms with E-state index < -0.39 is 0 Å². The summed E-state index contributed by atoms with van der Waals surface area (Å²) in [6.45, 7) is 0. The van der Waals surface area contributed by atoms with Gasteiger partial charge in [0, 0.05) is 11.6 Å². The SMILES string of the molecule is C1=CC2C=CC=C3NC=NC(=C1)C32. The first-order chi connectivity index (χ1) is 6.45. The van der Waals surface area contributed by atoms with Crippen LogP contribution < -0.4 is 5.32 Å². The number of nitrogens with one attached hydrogen (secondary N) is 1. The molecular formula is C11H10N2. The highest BCUT2D eigenvalue weighted by Crippen LogP contribution is 2.36. The average molecular weight is 170 g/mol. The fourth-order valence-electron chi connectivity index (χ4n) is 2.07. The van der Waals surface area contributed by atoms with Crippen molar-refractivity contribution in [1.82, 2.24) is 5.32 Å². The molecule has 0 aromatic carbocycles. The molecule has 0 aromatic rings. The molecule has 0 amide bonds. The van der Waals surface area contributed by atoms with Crippen LogP contribution in [-0.4, -0.2) is 6.34 Å². The minimum atomic E-state index is 0.431. The fraction of sp³-hybridized carbons (Fsp3) is 0.182. The monoisotopic (exact) mass is 170 g/mol. The molecule has 2 atom stereocenters. The van der Waals surface area contributed by atoms with E-state index in [9.17, 15) is 0 Å². The second-order valence-corrected chi connectivity index (χ2v) is 3.44. The maximum Gasteiger partial charge on any atom is 0.0924 e. The van der Waals surface area contributed by atoms with Gasteiger partial charge in [-0.25, -0.2) is 4.99 Å². The molecule has 64 valence electrons. The first kappa shape index (κ1) is 6.89. The molecule has 0 radical (unpaired) electrons. The molecule has 0 saturated carbocycles. The molecule has 1 aliphatic heterocycles. The van der Waals surface area contributed by atoms with E-state index in [1.165, 1.54) is 11.4 Å². The highest BCUT2D eigenvalue weighted by Gasteiger charge is 2.30. The summed E-state index contributed by atoms with van der Waals surface area (Å²) >= 11 is 0. The van der Waals surface area contributed by atoms with Gasteiger partial charge in [-0.15, -0.1) is 0 Å². The summed E-state index contributed by atoms with van der Waals surface area (Å²) in [4.78, 5) is 4.33. The molecule has 1 N–H and O–H groups in total. The largest absolute Gasteiger partial charge is 0.349 e. The molecular weight excluding hydrogens is 160 g/mol. The molecule has 0 saturated heterocycles. The van der Waals surface area contributed by atoms with Crippen LogP contribution in [0.5, 0.6) is 0 Å². The Morgan fingerprint density at radius 1 is 1.15 bits per heavy atom. The maximum atomic E-state index is 4.33. The van der Waals surface area contributed by atoms with Crippen molar-refractivity contribution in [1.29, 1.82) is 0 Å². The van der Waals surface area contributed by atoms with Crippen LogP contribution in [0.25, 0.3) is 0 Å². The molecule has 2 nitrogen and oxygen atoms in total. The van der Waals surface area contributed by atoms with Crippen molar-refractivity contribution in [3.8, 4) is 0 Å². The third-order valence-electron chi connectivity index (χ3n) is 2.69. The maximum absolute atomic E-state index is 4.33. The lowest BCUT2D eigenvalue weighted by Gasteiger charge is -2.32. The van der Waals surface area contributed by atoms with Crippen molar-refractivity contribution in [2.24, 2.45) is 16.8 Å². The van der Waals surface area contributed by atoms with E-state index in [0.717, 1.165) is 0 Å². The van der Waals surface area contributed by atoms with E-state index in [0.29, 0.717) is 11.8 Å². The van der Waals surface area contributed by atoms with Gasteiger partial charge in [-0.2, -0.15) is 0 Å². The highest BCUT2D eigenvalue weighted by atomic mass is 15.0. The summed E-state index contributed by atoms with van der Waals surface area (Å²) in [5, 5.41) is 3.19. The smallest absolute Gasteiger partial charge is 0.0924 e. The summed E-state index contributed by atoms with van der Waals surface area (Å²) in [5.74, 6) is 0.921. The Hall–Kier alpha value is -1.57. The standard InChI is InChI=1S/C11H10N2/c1-3-8-4-2-6-10-11(8)9(5-1)12-7-13-10/h1-8,11H,(H,12,13). The Kier molecular flexibility index (Phi) is 1.30. The zero-order valence-electron chi connectivity index (χ0n) is 7.14. The van der Waals surface area contributed by atoms with Crippen LogP contribution in [-0.2, 0) is 0 Å². The van der Waals surface area contributed by atoms with Crippen molar-refractivity contribution in [3.05, 3.63) is 47.9 Å². The van der Waals surface area contributed by atoms with Crippen LogP contribution in [0, 0.1) is 11.8 Å². The van der Waals surface area contributed by atoms with E-state index in [4.69, 9.17) is 0 Å². The van der Waals surface area contributed by atoms with Crippen molar-refractivity contribution in [2.45, 2.75) is 0 Å². The highest BCUT2D eigenvalue weighted by molar-refractivity contribution is 5.64. The minimum Gasteiger partial charge on any atom is -0.349 e. The quantitative estimate of drug-likeness (QED) is 0.588. The predicted molar refractivity (Wildman–Crippen MR) is 53.1 cm³/mol. The lowest BCUT2D eigenvalue weighted by molar-refractivity contribution is 0.555. The third kappa shape index (κ3) is 0.917. The Bertz CT molecular complexity index is 383. The van der Waals surface area contributed by atoms with Crippen LogP contribution in [0.1, 0.15) is 0 Å². The van der Waals surface area contributed by atoms with Gasteiger partial charge in [0.2, 0.25) is 0 Å². The molecule has 2 heteroatoms. The van der Waals surface area contributed by atoms with E-state index >= 15 is 0 Å². The normalized spacial score (nSPS) is 33.2. The lowest BCUT2D eigenvalue weighted by atomic mass is 9.80. The van der Waals surface area contributed by atoms with Crippen molar-refractivity contribution >= 4 is 6.34 Å². The van der Waals surface area contributed by atoms with Crippen LogP contribution in [0.15, 0.2) is 52.8 Å². The molecule has 0 bridgehead atoms. The summed E-state index contributed by atoms with van der Waals surface area (Å²) in [5.41, 5.74) is 2.43. The van der Waals surface area contributed by atoms with Gasteiger partial charge >= 0.3 is 0 Å². The van der Waals surface area contributed by atoms with Crippen molar-refractivity contribution < 1.29 is 0 Å². The molecule has 3 rings (SSSR count). The van der Waals surface area contributed by atoms with Crippen molar-refractivity contribution in [3.63, 3.8) is 0 Å². The van der Waals surface area contributed by atoms with E-state index in [-0.39, 0.29) is 0 Å². The third-order valence-corrected chi connectivity index (χ3v) is 2.69. The minimum absolute atomic E-state index is 0.431. The van der Waals surface area contributed by atoms with Gasteiger partial charge in [0.05, 0.1) is 18.0 Å². The Balaban J connectivity index is 2.15. The van der Waals surface area contributed by atoms with E-state index in [2.05, 4.69) is 46.8 Å². The zero-order valence-corrected chi connectivity index (χ0v) is 7.14. The molecule has 13 heavy (non-hydrogen) atoms. The van der Waals surface area contributed by atoms with Gasteiger partial charge in [0.25, 0.3) is 0 Å². The molecule has 1 heterocycles. The number of allylic oxidation sites excluding steroid dienone is 6. The van der Waals surface area contributed by atoms with Gasteiger partial charge in [-0.3, -0.25) is 0 Å².